The summed E-state index contributed by atoms with van der Waals surface area (Å²) in [6.45, 7) is -0.808. The maximum atomic E-state index is 13.0. The van der Waals surface area contributed by atoms with E-state index in [1.807, 2.05) is 0 Å². The number of tetrazole rings is 1. The van der Waals surface area contributed by atoms with Gasteiger partial charge in [0.15, 0.2) is 16.5 Å². The van der Waals surface area contributed by atoms with E-state index in [0.717, 1.165) is 16.2 Å². The van der Waals surface area contributed by atoms with Gasteiger partial charge in [0.2, 0.25) is 6.61 Å². The first-order valence-electron chi connectivity index (χ1n) is 10.7. The van der Waals surface area contributed by atoms with Crippen molar-refractivity contribution in [3.05, 3.63) is 34.5 Å². The van der Waals surface area contributed by atoms with Gasteiger partial charge in [-0.15, -0.1) is 49.7 Å². The molecule has 1 saturated heterocycles. The fourth-order valence-electron chi connectivity index (χ4n) is 3.63. The number of anilines is 1. The minimum atomic E-state index is -1.31. The highest BCUT2D eigenvalue weighted by Gasteiger charge is 2.54. The molecule has 2 atom stereocenters. The van der Waals surface area contributed by atoms with Gasteiger partial charge in [0, 0.05) is 16.9 Å². The molecule has 0 aliphatic carbocycles. The van der Waals surface area contributed by atoms with Crippen LogP contribution in [0.15, 0.2) is 39.0 Å². The van der Waals surface area contributed by atoms with E-state index >= 15 is 0 Å². The lowest BCUT2D eigenvalue weighted by Gasteiger charge is -2.49. The number of thiazole rings is 1. The third kappa shape index (κ3) is 5.33. The second-order valence-corrected chi connectivity index (χ2v) is 10.8. The van der Waals surface area contributed by atoms with Crippen molar-refractivity contribution in [2.24, 2.45) is 5.16 Å². The number of thioether (sulfide) groups is 2. The van der Waals surface area contributed by atoms with Gasteiger partial charge >= 0.3 is 11.9 Å². The largest absolute Gasteiger partial charge is 0.479 e. The number of nitrogens with zero attached hydrogens (tertiary/aromatic N) is 8. The van der Waals surface area contributed by atoms with Crippen LogP contribution in [0.25, 0.3) is 5.65 Å². The van der Waals surface area contributed by atoms with Crippen LogP contribution < -0.4 is 11.1 Å². The third-order valence-electron chi connectivity index (χ3n) is 5.30. The Morgan fingerprint density at radius 3 is 2.85 bits per heavy atom. The Hall–Kier alpha value is -4.30. The number of β-lactam (4-membered cyclic amide) rings is 1. The van der Waals surface area contributed by atoms with Gasteiger partial charge in [-0.25, -0.2) is 14.6 Å². The number of oxime groups is 1. The molecule has 0 aromatic carbocycles. The summed E-state index contributed by atoms with van der Waals surface area (Å²) in [5.41, 5.74) is 6.08. The minimum absolute atomic E-state index is 0.0271. The number of fused-ring (bicyclic) bond motifs is 2. The number of carbonyl (C=O) groups excluding carboxylic acids is 2. The van der Waals surface area contributed by atoms with Gasteiger partial charge in [-0.3, -0.25) is 14.5 Å². The van der Waals surface area contributed by atoms with E-state index in [-0.39, 0.29) is 33.7 Å². The third-order valence-corrected chi connectivity index (χ3v) is 8.32. The Labute approximate surface area is 229 Å². The first-order valence-corrected chi connectivity index (χ1v) is 13.7. The molecule has 202 valence electrons. The predicted octanol–water partition coefficient (Wildman–Crippen LogP) is -1.11. The van der Waals surface area contributed by atoms with E-state index in [9.17, 15) is 24.3 Å². The minimum Gasteiger partial charge on any atom is -0.479 e. The van der Waals surface area contributed by atoms with E-state index in [0.29, 0.717) is 16.2 Å². The SMILES string of the molecule is Nc1nc(C(=NOCC(=O)O)C(=O)NC2C(=O)N3C(C(=O)O)=C(CSc4ccc5nnnn5n4)CS[C@@H]23)cs1. The number of nitrogens with one attached hydrogen (secondary N) is 1. The van der Waals surface area contributed by atoms with Crippen LogP contribution in [0.2, 0.25) is 0 Å². The van der Waals surface area contributed by atoms with Crippen molar-refractivity contribution < 1.29 is 34.2 Å². The van der Waals surface area contributed by atoms with Crippen LogP contribution in [0.1, 0.15) is 5.69 Å². The maximum Gasteiger partial charge on any atom is 0.352 e. The molecule has 1 unspecified atom stereocenters. The smallest absolute Gasteiger partial charge is 0.352 e. The number of rotatable bonds is 10. The van der Waals surface area contributed by atoms with Crippen molar-refractivity contribution in [3.63, 3.8) is 0 Å². The van der Waals surface area contributed by atoms with Crippen LogP contribution in [-0.2, 0) is 24.0 Å². The summed E-state index contributed by atoms with van der Waals surface area (Å²) in [4.78, 5) is 58.7. The van der Waals surface area contributed by atoms with E-state index in [1.54, 1.807) is 12.1 Å². The lowest BCUT2D eigenvalue weighted by molar-refractivity contribution is -0.150. The van der Waals surface area contributed by atoms with Crippen molar-refractivity contribution in [2.45, 2.75) is 16.4 Å². The molecule has 5 N–H and O–H groups in total. The number of nitrogens with two attached hydrogens (primary N) is 1. The summed E-state index contributed by atoms with van der Waals surface area (Å²) in [5.74, 6) is -3.55. The zero-order valence-electron chi connectivity index (χ0n) is 19.3. The molecule has 2 amide bonds. The van der Waals surface area contributed by atoms with Crippen molar-refractivity contribution in [3.8, 4) is 0 Å². The van der Waals surface area contributed by atoms with Gasteiger partial charge < -0.3 is 26.1 Å². The molecule has 0 saturated carbocycles. The Morgan fingerprint density at radius 2 is 2.13 bits per heavy atom. The molecular formula is C19H16N10O7S3. The standard InChI is InChI=1S/C19H16N10O7S3/c20-19-21-8(6-39-19)12(25-36-3-11(30)31)15(32)22-13-16(33)28-14(18(34)35)7(5-38-17(13)28)4-37-10-2-1-9-23-26-27-29(9)24-10/h1-2,6,13,17H,3-5H2,(H2,20,21)(H,22,32)(H,30,31)(H,34,35)/t13?,17-/m0/s1. The highest BCUT2D eigenvalue weighted by atomic mass is 32.2. The molecule has 39 heavy (non-hydrogen) atoms. The number of aromatic nitrogens is 6. The van der Waals surface area contributed by atoms with Gasteiger partial charge in [0.1, 0.15) is 27.8 Å². The predicted molar refractivity (Wildman–Crippen MR) is 136 cm³/mol. The van der Waals surface area contributed by atoms with Crippen molar-refractivity contribution in [1.82, 2.24) is 40.5 Å². The van der Waals surface area contributed by atoms with Crippen LogP contribution in [-0.4, -0.2) is 104 Å². The average molecular weight is 593 g/mol. The average Bonchev–Trinajstić information content (AvgIpc) is 3.55. The number of carbonyl (C=O) groups is 4. The van der Waals surface area contributed by atoms with Crippen molar-refractivity contribution in [2.75, 3.05) is 23.8 Å². The van der Waals surface area contributed by atoms with Crippen LogP contribution in [0, 0.1) is 0 Å². The van der Waals surface area contributed by atoms with E-state index in [2.05, 4.69) is 36.1 Å². The Balaban J connectivity index is 1.30. The summed E-state index contributed by atoms with van der Waals surface area (Å²) in [6.07, 6.45) is 0. The summed E-state index contributed by atoms with van der Waals surface area (Å²) in [6, 6.07) is 2.31. The highest BCUT2D eigenvalue weighted by molar-refractivity contribution is 8.01. The molecule has 1 fully saturated rings. The molecule has 20 heteroatoms. The van der Waals surface area contributed by atoms with Gasteiger partial charge in [-0.2, -0.15) is 0 Å². The Kier molecular flexibility index (Phi) is 7.30. The zero-order chi connectivity index (χ0) is 27.7. The number of hydrogen-bond acceptors (Lipinski definition) is 15. The lowest BCUT2D eigenvalue weighted by atomic mass is 10.0. The van der Waals surface area contributed by atoms with E-state index < -0.39 is 41.8 Å². The Bertz CT molecular complexity index is 1550. The number of amides is 2. The molecule has 5 heterocycles. The number of hydrogen-bond donors (Lipinski definition) is 4. The van der Waals surface area contributed by atoms with Gasteiger partial charge in [0.25, 0.3) is 11.8 Å². The molecule has 5 rings (SSSR count). The van der Waals surface area contributed by atoms with Gasteiger partial charge in [-0.05, 0) is 28.1 Å². The number of carboxylic acids is 2. The second-order valence-electron chi connectivity index (χ2n) is 7.78. The Morgan fingerprint density at radius 1 is 1.31 bits per heavy atom. The summed E-state index contributed by atoms with van der Waals surface area (Å²) >= 11 is 3.57. The van der Waals surface area contributed by atoms with Crippen LogP contribution in [0.4, 0.5) is 5.13 Å². The lowest BCUT2D eigenvalue weighted by Crippen LogP contribution is -2.71. The number of carboxylic acid groups (broad SMARTS) is 2. The monoisotopic (exact) mass is 592 g/mol. The molecule has 0 bridgehead atoms. The fraction of sp³-hybridized carbons (Fsp3) is 0.263. The number of nitrogen functional groups attached to an aromatic ring is 1. The van der Waals surface area contributed by atoms with E-state index in [4.69, 9.17) is 15.7 Å². The van der Waals surface area contributed by atoms with Crippen LogP contribution in [0.5, 0.6) is 0 Å². The fourth-order valence-corrected chi connectivity index (χ4v) is 6.51. The molecule has 3 aromatic rings. The quantitative estimate of drug-likeness (QED) is 0.0944. The van der Waals surface area contributed by atoms with Crippen LogP contribution in [0.3, 0.4) is 0 Å². The molecule has 17 nitrogen and oxygen atoms in total. The van der Waals surface area contributed by atoms with Gasteiger partial charge in [-0.1, -0.05) is 5.16 Å². The zero-order valence-corrected chi connectivity index (χ0v) is 21.8. The first-order chi connectivity index (χ1) is 18.7. The molecule has 3 aromatic heterocycles. The summed E-state index contributed by atoms with van der Waals surface area (Å²) in [7, 11) is 0. The molecule has 0 spiro atoms. The van der Waals surface area contributed by atoms with E-state index in [1.165, 1.54) is 33.5 Å². The highest BCUT2D eigenvalue weighted by Crippen LogP contribution is 2.41. The topological polar surface area (TPSA) is 240 Å². The van der Waals surface area contributed by atoms with Gasteiger partial charge in [0.05, 0.1) is 0 Å². The molecule has 2 aliphatic heterocycles. The maximum absolute atomic E-state index is 13.0. The number of aliphatic carboxylic acids is 2. The molecule has 0 radical (unpaired) electrons. The van der Waals surface area contributed by atoms with Crippen LogP contribution >= 0.6 is 34.9 Å². The molecular weight excluding hydrogens is 576 g/mol. The van der Waals surface area contributed by atoms with Crippen molar-refractivity contribution in [1.29, 1.82) is 0 Å². The van der Waals surface area contributed by atoms with Crippen molar-refractivity contribution >= 4 is 75.1 Å². The summed E-state index contributed by atoms with van der Waals surface area (Å²) < 4.78 is 1.25. The second kappa shape index (κ2) is 10.8. The summed E-state index contributed by atoms with van der Waals surface area (Å²) in [5, 5.41) is 41.5. The first kappa shape index (κ1) is 26.3. The molecule has 2 aliphatic rings. The normalized spacial score (nSPS) is 19.0.